The monoisotopic (exact) mass is 268 g/mol. The molecule has 106 valence electrons. The first kappa shape index (κ1) is 19.3. The second kappa shape index (κ2) is 12.4. The summed E-state index contributed by atoms with van der Waals surface area (Å²) in [6, 6.07) is 0.726. The molecule has 0 radical (unpaired) electrons. The maximum Gasteiger partial charge on any atom is 0.500 e. The van der Waals surface area contributed by atoms with Crippen LogP contribution in [0.15, 0.2) is 0 Å². The molecule has 0 aromatic rings. The van der Waals surface area contributed by atoms with Crippen LogP contribution in [-0.2, 0) is 13.3 Å². The largest absolute Gasteiger partial charge is 0.500 e. The van der Waals surface area contributed by atoms with E-state index in [1.807, 2.05) is 0 Å². The lowest BCUT2D eigenvalue weighted by atomic mass is 10.1. The van der Waals surface area contributed by atoms with E-state index >= 15 is 0 Å². The molecule has 1 unspecified atom stereocenters. The van der Waals surface area contributed by atoms with Crippen molar-refractivity contribution in [1.29, 1.82) is 0 Å². The van der Waals surface area contributed by atoms with Crippen molar-refractivity contribution in [3.8, 4) is 0 Å². The standard InChI is InChI=1S/C8H22N2O3Si.C2H6O/c1-11-14(12-2,13-3)7-8(6-10)4-5-9;1-2-3/h8H,4-7,9-10H2,1-3H3;3H,2H2,1H3. The summed E-state index contributed by atoms with van der Waals surface area (Å²) in [4.78, 5) is 0. The van der Waals surface area contributed by atoms with Crippen LogP contribution in [0.2, 0.25) is 6.04 Å². The van der Waals surface area contributed by atoms with E-state index < -0.39 is 8.80 Å². The molecule has 0 aromatic carbocycles. The van der Waals surface area contributed by atoms with E-state index in [4.69, 9.17) is 29.9 Å². The zero-order chi connectivity index (χ0) is 13.7. The van der Waals surface area contributed by atoms with Crippen LogP contribution in [0.3, 0.4) is 0 Å². The van der Waals surface area contributed by atoms with Gasteiger partial charge in [0.15, 0.2) is 0 Å². The average molecular weight is 268 g/mol. The van der Waals surface area contributed by atoms with Gasteiger partial charge in [-0.2, -0.15) is 0 Å². The van der Waals surface area contributed by atoms with E-state index in [2.05, 4.69) is 0 Å². The van der Waals surface area contributed by atoms with Crippen LogP contribution in [-0.4, -0.2) is 54.9 Å². The van der Waals surface area contributed by atoms with Crippen LogP contribution < -0.4 is 11.5 Å². The highest BCUT2D eigenvalue weighted by Crippen LogP contribution is 2.20. The molecule has 0 saturated heterocycles. The molecule has 0 aliphatic carbocycles. The van der Waals surface area contributed by atoms with Gasteiger partial charge in [0.05, 0.1) is 0 Å². The molecule has 0 aliphatic rings. The van der Waals surface area contributed by atoms with Crippen molar-refractivity contribution >= 4 is 8.80 Å². The fourth-order valence-electron chi connectivity index (χ4n) is 1.39. The lowest BCUT2D eigenvalue weighted by Crippen LogP contribution is -2.45. The zero-order valence-electron chi connectivity index (χ0n) is 11.4. The number of hydrogen-bond acceptors (Lipinski definition) is 6. The Kier molecular flexibility index (Phi) is 14.1. The fraction of sp³-hybridized carbons (Fsp3) is 1.00. The molecule has 0 aliphatic heterocycles. The highest BCUT2D eigenvalue weighted by molar-refractivity contribution is 6.60. The van der Waals surface area contributed by atoms with Crippen molar-refractivity contribution in [2.45, 2.75) is 19.4 Å². The fourth-order valence-corrected chi connectivity index (χ4v) is 3.47. The van der Waals surface area contributed by atoms with Gasteiger partial charge in [-0.25, -0.2) is 0 Å². The predicted octanol–water partition coefficient (Wildman–Crippen LogP) is -0.213. The second-order valence-electron chi connectivity index (χ2n) is 3.49. The van der Waals surface area contributed by atoms with Crippen molar-refractivity contribution in [3.63, 3.8) is 0 Å². The van der Waals surface area contributed by atoms with Crippen LogP contribution in [0.1, 0.15) is 13.3 Å². The zero-order valence-corrected chi connectivity index (χ0v) is 12.4. The van der Waals surface area contributed by atoms with Crippen LogP contribution in [0.4, 0.5) is 0 Å². The molecule has 0 saturated carbocycles. The number of hydrogen-bond donors (Lipinski definition) is 3. The molecule has 0 fully saturated rings. The Bertz CT molecular complexity index is 151. The van der Waals surface area contributed by atoms with Crippen molar-refractivity contribution in [2.75, 3.05) is 41.0 Å². The molecular weight excluding hydrogens is 240 g/mol. The third-order valence-corrected chi connectivity index (χ3v) is 5.32. The van der Waals surface area contributed by atoms with Gasteiger partial charge in [-0.15, -0.1) is 0 Å². The minimum atomic E-state index is -2.47. The summed E-state index contributed by atoms with van der Waals surface area (Å²) in [6.45, 7) is 3.14. The molecule has 0 aromatic heterocycles. The molecule has 17 heavy (non-hydrogen) atoms. The van der Waals surface area contributed by atoms with Gasteiger partial charge in [-0.05, 0) is 32.4 Å². The van der Waals surface area contributed by atoms with Gasteiger partial charge in [-0.3, -0.25) is 0 Å². The molecule has 0 spiro atoms. The summed E-state index contributed by atoms with van der Waals surface area (Å²) in [6.07, 6.45) is 0.876. The molecule has 0 rings (SSSR count). The molecule has 0 bridgehead atoms. The Morgan fingerprint density at radius 3 is 1.76 bits per heavy atom. The number of rotatable bonds is 8. The summed E-state index contributed by atoms with van der Waals surface area (Å²) < 4.78 is 15.9. The normalized spacial score (nSPS) is 12.9. The molecule has 0 heterocycles. The van der Waals surface area contributed by atoms with Crippen LogP contribution in [0.5, 0.6) is 0 Å². The van der Waals surface area contributed by atoms with Gasteiger partial charge in [0, 0.05) is 34.0 Å². The van der Waals surface area contributed by atoms with Gasteiger partial charge < -0.3 is 29.9 Å². The van der Waals surface area contributed by atoms with Crippen LogP contribution >= 0.6 is 0 Å². The summed E-state index contributed by atoms with van der Waals surface area (Å²) in [5.74, 6) is 0.312. The average Bonchev–Trinajstić information content (AvgIpc) is 2.36. The van der Waals surface area contributed by atoms with Crippen LogP contribution in [0.25, 0.3) is 0 Å². The SMILES string of the molecule is CCO.CO[Si](CC(CN)CCN)(OC)OC. The number of nitrogens with two attached hydrogens (primary N) is 2. The van der Waals surface area contributed by atoms with E-state index in [9.17, 15) is 0 Å². The Morgan fingerprint density at radius 1 is 1.12 bits per heavy atom. The minimum Gasteiger partial charge on any atom is -0.397 e. The van der Waals surface area contributed by atoms with E-state index in [-0.39, 0.29) is 6.61 Å². The molecular formula is C10H28N2O4Si. The van der Waals surface area contributed by atoms with Gasteiger partial charge >= 0.3 is 8.80 Å². The molecule has 6 nitrogen and oxygen atoms in total. The van der Waals surface area contributed by atoms with Gasteiger partial charge in [0.1, 0.15) is 0 Å². The highest BCUT2D eigenvalue weighted by atomic mass is 28.4. The Morgan fingerprint density at radius 2 is 1.53 bits per heavy atom. The van der Waals surface area contributed by atoms with E-state index in [0.717, 1.165) is 12.5 Å². The Balaban J connectivity index is 0. The van der Waals surface area contributed by atoms with Crippen molar-refractivity contribution in [2.24, 2.45) is 17.4 Å². The summed E-state index contributed by atoms with van der Waals surface area (Å²) in [5.41, 5.74) is 11.1. The first-order chi connectivity index (χ1) is 8.09. The molecule has 1 atom stereocenters. The van der Waals surface area contributed by atoms with E-state index in [1.54, 1.807) is 28.3 Å². The van der Waals surface area contributed by atoms with Crippen molar-refractivity contribution in [3.05, 3.63) is 0 Å². The van der Waals surface area contributed by atoms with Gasteiger partial charge in [-0.1, -0.05) is 0 Å². The maximum absolute atomic E-state index is 7.57. The van der Waals surface area contributed by atoms with Gasteiger partial charge in [0.25, 0.3) is 0 Å². The molecule has 0 amide bonds. The maximum atomic E-state index is 7.57. The van der Waals surface area contributed by atoms with E-state index in [0.29, 0.717) is 19.0 Å². The number of aliphatic hydroxyl groups is 1. The Labute approximate surface area is 106 Å². The third-order valence-electron chi connectivity index (χ3n) is 2.38. The summed E-state index contributed by atoms with van der Waals surface area (Å²) in [7, 11) is 2.34. The van der Waals surface area contributed by atoms with Crippen LogP contribution in [0, 0.1) is 5.92 Å². The smallest absolute Gasteiger partial charge is 0.397 e. The first-order valence-corrected chi connectivity index (χ1v) is 7.69. The topological polar surface area (TPSA) is 100.0 Å². The van der Waals surface area contributed by atoms with Gasteiger partial charge in [0.2, 0.25) is 0 Å². The predicted molar refractivity (Wildman–Crippen MR) is 70.6 cm³/mol. The lowest BCUT2D eigenvalue weighted by molar-refractivity contribution is 0.118. The quantitative estimate of drug-likeness (QED) is 0.527. The second-order valence-corrected chi connectivity index (χ2v) is 6.49. The summed E-state index contributed by atoms with van der Waals surface area (Å²) >= 11 is 0. The number of aliphatic hydroxyl groups excluding tert-OH is 1. The van der Waals surface area contributed by atoms with Crippen molar-refractivity contribution in [1.82, 2.24) is 0 Å². The third kappa shape index (κ3) is 8.67. The minimum absolute atomic E-state index is 0.250. The molecule has 7 heteroatoms. The van der Waals surface area contributed by atoms with E-state index in [1.165, 1.54) is 0 Å². The Hall–Kier alpha value is -0.0231. The summed E-state index contributed by atoms with van der Waals surface area (Å²) in [5, 5.41) is 7.57. The molecule has 5 N–H and O–H groups in total. The first-order valence-electron chi connectivity index (χ1n) is 5.76. The highest BCUT2D eigenvalue weighted by Gasteiger charge is 2.39. The van der Waals surface area contributed by atoms with Crippen molar-refractivity contribution < 1.29 is 18.4 Å². The lowest BCUT2D eigenvalue weighted by Gasteiger charge is -2.27.